The molecule has 0 saturated heterocycles. The Bertz CT molecular complexity index is 741. The topological polar surface area (TPSA) is 61.7 Å². The van der Waals surface area contributed by atoms with Gasteiger partial charge >= 0.3 is 0 Å². The second-order valence-electron chi connectivity index (χ2n) is 5.30. The molecule has 0 unspecified atom stereocenters. The number of carbonyl (C=O) groups excluding carboxylic acids is 1. The number of aromatic hydroxyl groups is 1. The van der Waals surface area contributed by atoms with E-state index < -0.39 is 0 Å². The van der Waals surface area contributed by atoms with E-state index in [1.165, 1.54) is 18.3 Å². The summed E-state index contributed by atoms with van der Waals surface area (Å²) in [6.45, 7) is 4.17. The first-order valence-corrected chi connectivity index (χ1v) is 7.75. The van der Waals surface area contributed by atoms with Crippen LogP contribution in [0.15, 0.2) is 41.5 Å². The van der Waals surface area contributed by atoms with Gasteiger partial charge in [-0.25, -0.2) is 5.43 Å². The number of carbonyl (C=O) groups is 1. The van der Waals surface area contributed by atoms with Gasteiger partial charge in [0.1, 0.15) is 5.75 Å². The third-order valence-corrected chi connectivity index (χ3v) is 3.77. The lowest BCUT2D eigenvalue weighted by atomic mass is 10.0. The highest BCUT2D eigenvalue weighted by molar-refractivity contribution is 6.36. The van der Waals surface area contributed by atoms with Crippen LogP contribution in [0.3, 0.4) is 0 Å². The van der Waals surface area contributed by atoms with Gasteiger partial charge in [0.15, 0.2) is 0 Å². The fourth-order valence-electron chi connectivity index (χ4n) is 1.93. The Morgan fingerprint density at radius 3 is 2.48 bits per heavy atom. The molecule has 6 heteroatoms. The number of nitrogens with one attached hydrogen (secondary N) is 1. The first kappa shape index (κ1) is 17.3. The summed E-state index contributed by atoms with van der Waals surface area (Å²) in [6, 6.07) is 10.2. The highest BCUT2D eigenvalue weighted by atomic mass is 35.5. The number of benzene rings is 2. The molecule has 120 valence electrons. The molecule has 0 bridgehead atoms. The maximum atomic E-state index is 12.0. The third-order valence-electron chi connectivity index (χ3n) is 3.27. The maximum Gasteiger partial charge on any atom is 0.271 e. The van der Waals surface area contributed by atoms with Crippen LogP contribution in [-0.2, 0) is 0 Å². The smallest absolute Gasteiger partial charge is 0.271 e. The molecule has 0 radical (unpaired) electrons. The number of nitrogens with zero attached hydrogens (tertiary/aromatic N) is 1. The SMILES string of the molecule is CC(C)c1ccc(C(=O)NN=Cc2cc(Cl)cc(Cl)c2O)cc1. The van der Waals surface area contributed by atoms with Crippen molar-refractivity contribution in [1.82, 2.24) is 5.43 Å². The van der Waals surface area contributed by atoms with Crippen LogP contribution in [-0.4, -0.2) is 17.2 Å². The van der Waals surface area contributed by atoms with Crippen LogP contribution in [0.4, 0.5) is 0 Å². The summed E-state index contributed by atoms with van der Waals surface area (Å²) < 4.78 is 0. The largest absolute Gasteiger partial charge is 0.506 e. The van der Waals surface area contributed by atoms with Gasteiger partial charge in [-0.1, -0.05) is 49.2 Å². The fraction of sp³-hybridized carbons (Fsp3) is 0.176. The highest BCUT2D eigenvalue weighted by Gasteiger charge is 2.07. The van der Waals surface area contributed by atoms with Gasteiger partial charge in [-0.05, 0) is 35.7 Å². The van der Waals surface area contributed by atoms with Crippen molar-refractivity contribution in [3.63, 3.8) is 0 Å². The van der Waals surface area contributed by atoms with E-state index in [1.54, 1.807) is 12.1 Å². The number of phenolic OH excluding ortho intramolecular Hbond substituents is 1. The van der Waals surface area contributed by atoms with E-state index in [-0.39, 0.29) is 16.7 Å². The minimum atomic E-state index is -0.343. The van der Waals surface area contributed by atoms with Crippen molar-refractivity contribution in [2.75, 3.05) is 0 Å². The molecule has 23 heavy (non-hydrogen) atoms. The van der Waals surface area contributed by atoms with E-state index in [0.717, 1.165) is 5.56 Å². The molecule has 4 nitrogen and oxygen atoms in total. The van der Waals surface area contributed by atoms with Crippen molar-refractivity contribution in [2.45, 2.75) is 19.8 Å². The predicted octanol–water partition coefficient (Wildman–Crippen LogP) is 4.59. The van der Waals surface area contributed by atoms with E-state index in [0.29, 0.717) is 22.1 Å². The van der Waals surface area contributed by atoms with Crippen LogP contribution in [0.1, 0.15) is 41.3 Å². The zero-order chi connectivity index (χ0) is 17.0. The molecule has 0 aliphatic rings. The van der Waals surface area contributed by atoms with Crippen molar-refractivity contribution < 1.29 is 9.90 Å². The maximum absolute atomic E-state index is 12.0. The average Bonchev–Trinajstić information content (AvgIpc) is 2.51. The minimum absolute atomic E-state index is 0.120. The summed E-state index contributed by atoms with van der Waals surface area (Å²) in [7, 11) is 0. The lowest BCUT2D eigenvalue weighted by Gasteiger charge is -2.06. The molecule has 0 aliphatic carbocycles. The van der Waals surface area contributed by atoms with Crippen LogP contribution in [0.2, 0.25) is 10.0 Å². The summed E-state index contributed by atoms with van der Waals surface area (Å²) in [5.41, 5.74) is 4.37. The first-order valence-electron chi connectivity index (χ1n) is 7.00. The third kappa shape index (κ3) is 4.47. The molecule has 0 saturated carbocycles. The monoisotopic (exact) mass is 350 g/mol. The number of amides is 1. The molecular weight excluding hydrogens is 335 g/mol. The predicted molar refractivity (Wildman–Crippen MR) is 93.7 cm³/mol. The average molecular weight is 351 g/mol. The van der Waals surface area contributed by atoms with E-state index in [1.807, 2.05) is 12.1 Å². The van der Waals surface area contributed by atoms with E-state index in [4.69, 9.17) is 23.2 Å². The number of hydrogen-bond acceptors (Lipinski definition) is 3. The lowest BCUT2D eigenvalue weighted by Crippen LogP contribution is -2.17. The second kappa shape index (κ2) is 7.49. The number of phenols is 1. The number of hydrazone groups is 1. The minimum Gasteiger partial charge on any atom is -0.506 e. The van der Waals surface area contributed by atoms with Crippen molar-refractivity contribution in [1.29, 1.82) is 0 Å². The zero-order valence-corrected chi connectivity index (χ0v) is 14.2. The molecule has 2 rings (SSSR count). The molecule has 0 atom stereocenters. The Labute approximate surface area is 144 Å². The second-order valence-corrected chi connectivity index (χ2v) is 6.14. The first-order chi connectivity index (χ1) is 10.9. The van der Waals surface area contributed by atoms with E-state index in [2.05, 4.69) is 24.4 Å². The van der Waals surface area contributed by atoms with Gasteiger partial charge in [0, 0.05) is 16.1 Å². The van der Waals surface area contributed by atoms with Gasteiger partial charge in [0.2, 0.25) is 0 Å². The lowest BCUT2D eigenvalue weighted by molar-refractivity contribution is 0.0955. The number of rotatable bonds is 4. The zero-order valence-electron chi connectivity index (χ0n) is 12.7. The molecule has 2 N–H and O–H groups in total. The summed E-state index contributed by atoms with van der Waals surface area (Å²) in [5, 5.41) is 14.1. The van der Waals surface area contributed by atoms with Crippen LogP contribution in [0.5, 0.6) is 5.75 Å². The van der Waals surface area contributed by atoms with E-state index in [9.17, 15) is 9.90 Å². The van der Waals surface area contributed by atoms with Crippen molar-refractivity contribution in [3.05, 3.63) is 63.1 Å². The van der Waals surface area contributed by atoms with E-state index >= 15 is 0 Å². The number of halogens is 2. The Morgan fingerprint density at radius 1 is 1.22 bits per heavy atom. The normalized spacial score (nSPS) is 11.2. The van der Waals surface area contributed by atoms with Gasteiger partial charge in [-0.3, -0.25) is 4.79 Å². The summed E-state index contributed by atoms with van der Waals surface area (Å²) in [6.07, 6.45) is 1.29. The quantitative estimate of drug-likeness (QED) is 0.625. The van der Waals surface area contributed by atoms with Crippen molar-refractivity contribution in [2.24, 2.45) is 5.10 Å². The van der Waals surface area contributed by atoms with Crippen LogP contribution in [0, 0.1) is 0 Å². The van der Waals surface area contributed by atoms with Gasteiger partial charge in [-0.15, -0.1) is 0 Å². The Hall–Kier alpha value is -2.04. The Kier molecular flexibility index (Phi) is 5.64. The molecule has 2 aromatic rings. The molecule has 1 amide bonds. The molecule has 0 heterocycles. The Balaban J connectivity index is 2.07. The molecule has 0 aliphatic heterocycles. The standard InChI is InChI=1S/C17H16Cl2N2O2/c1-10(2)11-3-5-12(6-4-11)17(23)21-20-9-13-7-14(18)8-15(19)16(13)22/h3-10,22H,1-2H3,(H,21,23). The van der Waals surface area contributed by atoms with Crippen LogP contribution in [0.25, 0.3) is 0 Å². The van der Waals surface area contributed by atoms with Crippen LogP contribution >= 0.6 is 23.2 Å². The van der Waals surface area contributed by atoms with Gasteiger partial charge < -0.3 is 5.11 Å². The molecule has 0 aromatic heterocycles. The molecule has 2 aromatic carbocycles. The summed E-state index contributed by atoms with van der Waals surface area (Å²) in [5.74, 6) is -0.0831. The van der Waals surface area contributed by atoms with Gasteiger partial charge in [0.25, 0.3) is 5.91 Å². The van der Waals surface area contributed by atoms with Gasteiger partial charge in [-0.2, -0.15) is 5.10 Å². The van der Waals surface area contributed by atoms with Gasteiger partial charge in [0.05, 0.1) is 11.2 Å². The molecule has 0 spiro atoms. The van der Waals surface area contributed by atoms with Crippen LogP contribution < -0.4 is 5.43 Å². The summed E-state index contributed by atoms with van der Waals surface area (Å²) in [4.78, 5) is 12.0. The number of hydrogen-bond donors (Lipinski definition) is 2. The van der Waals surface area contributed by atoms with Crippen molar-refractivity contribution >= 4 is 35.3 Å². The van der Waals surface area contributed by atoms with Crippen molar-refractivity contribution in [3.8, 4) is 5.75 Å². The molecule has 0 fully saturated rings. The summed E-state index contributed by atoms with van der Waals surface area (Å²) >= 11 is 11.7. The Morgan fingerprint density at radius 2 is 1.87 bits per heavy atom. The fourth-order valence-corrected chi connectivity index (χ4v) is 2.44. The molecular formula is C17H16Cl2N2O2. The highest BCUT2D eigenvalue weighted by Crippen LogP contribution is 2.29.